The number of hydrogen-bond donors (Lipinski definition) is 2. The molecular weight excluding hydrogens is 428 g/mol. The summed E-state index contributed by atoms with van der Waals surface area (Å²) < 4.78 is 1.99. The summed E-state index contributed by atoms with van der Waals surface area (Å²) in [6, 6.07) is 5.93. The maximum atomic E-state index is 12.9. The van der Waals surface area contributed by atoms with Crippen molar-refractivity contribution < 1.29 is 4.79 Å². The van der Waals surface area contributed by atoms with E-state index in [0.717, 1.165) is 41.1 Å². The van der Waals surface area contributed by atoms with E-state index in [2.05, 4.69) is 46.4 Å². The number of rotatable bonds is 6. The van der Waals surface area contributed by atoms with E-state index in [1.54, 1.807) is 18.7 Å². The van der Waals surface area contributed by atoms with Crippen LogP contribution >= 0.6 is 0 Å². The van der Waals surface area contributed by atoms with Crippen molar-refractivity contribution >= 4 is 22.8 Å². The Hall–Kier alpha value is -3.72. The van der Waals surface area contributed by atoms with E-state index in [1.807, 2.05) is 36.6 Å². The Morgan fingerprint density at radius 2 is 1.88 bits per heavy atom. The molecule has 0 bridgehead atoms. The largest absolute Gasteiger partial charge is 0.324 e. The standard InChI is InChI=1S/C25H28N8O/c1-6-33-13-28-21-20(31-22(32-23(21)33)17-11-26-15(4)27-12-17)16-7-8-19-18(9-16)25(5,24(34)30-19)29-10-14(2)3/h7-9,11-14,29H,6,10H2,1-5H3,(H,30,34). The van der Waals surface area contributed by atoms with Crippen LogP contribution in [0.15, 0.2) is 36.9 Å². The van der Waals surface area contributed by atoms with Gasteiger partial charge in [-0.3, -0.25) is 10.1 Å². The first kappa shape index (κ1) is 22.1. The van der Waals surface area contributed by atoms with Crippen LogP contribution in [0.3, 0.4) is 0 Å². The molecule has 0 spiro atoms. The van der Waals surface area contributed by atoms with Crippen molar-refractivity contribution in [3.63, 3.8) is 0 Å². The van der Waals surface area contributed by atoms with E-state index in [0.29, 0.717) is 28.8 Å². The molecule has 0 saturated heterocycles. The minimum atomic E-state index is -0.821. The van der Waals surface area contributed by atoms with Crippen LogP contribution in [0.4, 0.5) is 5.69 Å². The van der Waals surface area contributed by atoms with Gasteiger partial charge in [0, 0.05) is 35.8 Å². The monoisotopic (exact) mass is 456 g/mol. The summed E-state index contributed by atoms with van der Waals surface area (Å²) in [5.74, 6) is 1.58. The van der Waals surface area contributed by atoms with Gasteiger partial charge in [-0.25, -0.2) is 24.9 Å². The van der Waals surface area contributed by atoms with Crippen molar-refractivity contribution in [3.05, 3.63) is 48.3 Å². The fraction of sp³-hybridized carbons (Fsp3) is 0.360. The molecule has 1 unspecified atom stereocenters. The van der Waals surface area contributed by atoms with E-state index in [-0.39, 0.29) is 5.91 Å². The summed E-state index contributed by atoms with van der Waals surface area (Å²) in [5.41, 5.74) is 4.67. The number of aryl methyl sites for hydroxylation is 2. The Morgan fingerprint density at radius 3 is 2.59 bits per heavy atom. The molecule has 1 atom stereocenters. The topological polar surface area (TPSA) is 111 Å². The molecule has 34 heavy (non-hydrogen) atoms. The van der Waals surface area contributed by atoms with Crippen LogP contribution in [0.5, 0.6) is 0 Å². The molecule has 2 N–H and O–H groups in total. The number of imidazole rings is 1. The fourth-order valence-corrected chi connectivity index (χ4v) is 4.18. The van der Waals surface area contributed by atoms with Gasteiger partial charge in [0.1, 0.15) is 22.6 Å². The van der Waals surface area contributed by atoms with Crippen molar-refractivity contribution in [3.8, 4) is 22.6 Å². The van der Waals surface area contributed by atoms with Gasteiger partial charge in [0.05, 0.1) is 11.9 Å². The summed E-state index contributed by atoms with van der Waals surface area (Å²) in [4.78, 5) is 35.8. The quantitative estimate of drug-likeness (QED) is 0.455. The number of benzene rings is 1. The zero-order valence-electron chi connectivity index (χ0n) is 20.0. The highest BCUT2D eigenvalue weighted by Gasteiger charge is 2.42. The molecular formula is C25H28N8O. The highest BCUT2D eigenvalue weighted by molar-refractivity contribution is 6.06. The van der Waals surface area contributed by atoms with Crippen molar-refractivity contribution in [2.75, 3.05) is 11.9 Å². The van der Waals surface area contributed by atoms with Gasteiger partial charge in [-0.05, 0) is 45.4 Å². The molecule has 0 saturated carbocycles. The van der Waals surface area contributed by atoms with Crippen LogP contribution in [-0.4, -0.2) is 41.9 Å². The number of fused-ring (bicyclic) bond motifs is 2. The summed E-state index contributed by atoms with van der Waals surface area (Å²) in [6.45, 7) is 11.5. The third-order valence-corrected chi connectivity index (χ3v) is 6.24. The molecule has 4 heterocycles. The highest BCUT2D eigenvalue weighted by atomic mass is 16.2. The summed E-state index contributed by atoms with van der Waals surface area (Å²) in [5, 5.41) is 6.47. The first-order valence-electron chi connectivity index (χ1n) is 11.5. The highest BCUT2D eigenvalue weighted by Crippen LogP contribution is 2.39. The molecule has 3 aromatic heterocycles. The van der Waals surface area contributed by atoms with Crippen LogP contribution in [-0.2, 0) is 16.9 Å². The molecule has 9 heteroatoms. The lowest BCUT2D eigenvalue weighted by atomic mass is 9.91. The molecule has 1 aliphatic heterocycles. The van der Waals surface area contributed by atoms with Gasteiger partial charge in [0.15, 0.2) is 11.5 Å². The molecule has 1 aromatic carbocycles. The number of aromatic nitrogens is 6. The number of hydrogen-bond acceptors (Lipinski definition) is 7. The molecule has 9 nitrogen and oxygen atoms in total. The molecule has 0 radical (unpaired) electrons. The Balaban J connectivity index is 1.68. The van der Waals surface area contributed by atoms with Crippen LogP contribution in [0, 0.1) is 12.8 Å². The Kier molecular flexibility index (Phi) is 5.36. The molecule has 4 aromatic rings. The van der Waals surface area contributed by atoms with Gasteiger partial charge in [-0.2, -0.15) is 0 Å². The van der Waals surface area contributed by atoms with Crippen molar-refractivity contribution in [2.45, 2.75) is 46.7 Å². The molecule has 1 aliphatic rings. The molecule has 174 valence electrons. The number of carbonyl (C=O) groups excluding carboxylic acids is 1. The third kappa shape index (κ3) is 3.62. The number of nitrogens with one attached hydrogen (secondary N) is 2. The number of amides is 1. The minimum Gasteiger partial charge on any atom is -0.324 e. The number of nitrogens with zero attached hydrogens (tertiary/aromatic N) is 6. The maximum absolute atomic E-state index is 12.9. The van der Waals surface area contributed by atoms with Crippen LogP contribution in [0.2, 0.25) is 0 Å². The molecule has 0 fully saturated rings. The van der Waals surface area contributed by atoms with Gasteiger partial charge in [0.2, 0.25) is 5.91 Å². The number of anilines is 1. The summed E-state index contributed by atoms with van der Waals surface area (Å²) >= 11 is 0. The minimum absolute atomic E-state index is 0.0547. The van der Waals surface area contributed by atoms with Crippen LogP contribution < -0.4 is 10.6 Å². The van der Waals surface area contributed by atoms with E-state index >= 15 is 0 Å². The van der Waals surface area contributed by atoms with Gasteiger partial charge < -0.3 is 9.88 Å². The van der Waals surface area contributed by atoms with Gasteiger partial charge in [-0.15, -0.1) is 0 Å². The lowest BCUT2D eigenvalue weighted by molar-refractivity contribution is -0.121. The second kappa shape index (κ2) is 8.25. The first-order valence-corrected chi connectivity index (χ1v) is 11.5. The van der Waals surface area contributed by atoms with Crippen molar-refractivity contribution in [1.29, 1.82) is 0 Å². The van der Waals surface area contributed by atoms with Crippen molar-refractivity contribution in [2.24, 2.45) is 5.92 Å². The molecule has 0 aliphatic carbocycles. The Morgan fingerprint density at radius 1 is 1.12 bits per heavy atom. The average Bonchev–Trinajstić information content (AvgIpc) is 3.36. The second-order valence-corrected chi connectivity index (χ2v) is 9.23. The van der Waals surface area contributed by atoms with Crippen LogP contribution in [0.1, 0.15) is 39.1 Å². The molecule has 5 rings (SSSR count). The average molecular weight is 457 g/mol. The zero-order chi connectivity index (χ0) is 24.0. The predicted octanol–water partition coefficient (Wildman–Crippen LogP) is 3.69. The smallest absolute Gasteiger partial charge is 0.249 e. The van der Waals surface area contributed by atoms with Gasteiger partial charge >= 0.3 is 0 Å². The Labute approximate surface area is 198 Å². The van der Waals surface area contributed by atoms with Crippen LogP contribution in [0.25, 0.3) is 33.8 Å². The number of carbonyl (C=O) groups is 1. The lowest BCUT2D eigenvalue weighted by Gasteiger charge is -2.25. The second-order valence-electron chi connectivity index (χ2n) is 9.23. The van der Waals surface area contributed by atoms with E-state index in [4.69, 9.17) is 9.97 Å². The first-order chi connectivity index (χ1) is 16.3. The summed E-state index contributed by atoms with van der Waals surface area (Å²) in [6.07, 6.45) is 5.25. The Bertz CT molecular complexity index is 1390. The third-order valence-electron chi connectivity index (χ3n) is 6.24. The van der Waals surface area contributed by atoms with Gasteiger partial charge in [-0.1, -0.05) is 19.9 Å². The predicted molar refractivity (Wildman–Crippen MR) is 131 cm³/mol. The molecule has 1 amide bonds. The summed E-state index contributed by atoms with van der Waals surface area (Å²) in [7, 11) is 0. The zero-order valence-corrected chi connectivity index (χ0v) is 20.0. The van der Waals surface area contributed by atoms with E-state index < -0.39 is 5.54 Å². The van der Waals surface area contributed by atoms with E-state index in [9.17, 15) is 4.79 Å². The lowest BCUT2D eigenvalue weighted by Crippen LogP contribution is -2.46. The SMILES string of the molecule is CCn1cnc2c(-c3ccc4c(c3)C(C)(NCC(C)C)C(=O)N4)nc(-c3cnc(C)nc3)nc21. The maximum Gasteiger partial charge on any atom is 0.249 e. The normalized spacial score (nSPS) is 17.4. The fourth-order valence-electron chi connectivity index (χ4n) is 4.18. The van der Waals surface area contributed by atoms with E-state index in [1.165, 1.54) is 0 Å². The van der Waals surface area contributed by atoms with Crippen molar-refractivity contribution in [1.82, 2.24) is 34.8 Å². The van der Waals surface area contributed by atoms with Gasteiger partial charge in [0.25, 0.3) is 0 Å².